The molecule has 3 aromatic rings. The molecule has 0 saturated carbocycles. The third kappa shape index (κ3) is 3.26. The van der Waals surface area contributed by atoms with Gasteiger partial charge in [0.25, 0.3) is 5.91 Å². The minimum absolute atomic E-state index is 0.0593. The molecule has 1 saturated heterocycles. The van der Waals surface area contributed by atoms with Crippen molar-refractivity contribution in [2.75, 3.05) is 13.1 Å². The van der Waals surface area contributed by atoms with Gasteiger partial charge >= 0.3 is 0 Å². The van der Waals surface area contributed by atoms with Gasteiger partial charge < -0.3 is 4.90 Å². The van der Waals surface area contributed by atoms with E-state index in [1.807, 2.05) is 17.9 Å². The first kappa shape index (κ1) is 16.9. The van der Waals surface area contributed by atoms with E-state index in [0.717, 1.165) is 34.7 Å². The smallest absolute Gasteiger partial charge is 0.265 e. The molecule has 7 heteroatoms. The number of nitrogens with one attached hydrogen (secondary N) is 1. The predicted octanol–water partition coefficient (Wildman–Crippen LogP) is 4.00. The van der Waals surface area contributed by atoms with E-state index >= 15 is 0 Å². The molecule has 134 valence electrons. The maximum atomic E-state index is 13.6. The number of carbonyl (C=O) groups is 1. The van der Waals surface area contributed by atoms with Crippen LogP contribution in [0.1, 0.15) is 39.1 Å². The zero-order valence-corrected chi connectivity index (χ0v) is 15.2. The van der Waals surface area contributed by atoms with Crippen molar-refractivity contribution in [3.8, 4) is 11.1 Å². The van der Waals surface area contributed by atoms with Crippen molar-refractivity contribution in [1.29, 1.82) is 0 Å². The first-order valence-electron chi connectivity index (χ1n) is 8.62. The third-order valence-electron chi connectivity index (χ3n) is 4.83. The number of piperidine rings is 1. The fraction of sp³-hybridized carbons (Fsp3) is 0.316. The molecule has 0 bridgehead atoms. The number of thiazole rings is 1. The van der Waals surface area contributed by atoms with E-state index in [9.17, 15) is 9.18 Å². The van der Waals surface area contributed by atoms with E-state index < -0.39 is 0 Å². The number of hydrogen-bond donors (Lipinski definition) is 1. The summed E-state index contributed by atoms with van der Waals surface area (Å²) >= 11 is 1.44. The summed E-state index contributed by atoms with van der Waals surface area (Å²) in [5.41, 5.74) is 2.79. The van der Waals surface area contributed by atoms with E-state index in [2.05, 4.69) is 15.2 Å². The maximum Gasteiger partial charge on any atom is 0.265 e. The van der Waals surface area contributed by atoms with Crippen molar-refractivity contribution in [3.63, 3.8) is 0 Å². The highest BCUT2D eigenvalue weighted by Gasteiger charge is 2.28. The number of carbonyl (C=O) groups excluding carboxylic acids is 1. The molecule has 0 aliphatic carbocycles. The zero-order valence-electron chi connectivity index (χ0n) is 14.4. The lowest BCUT2D eigenvalue weighted by atomic mass is 9.89. The van der Waals surface area contributed by atoms with Gasteiger partial charge in [-0.15, -0.1) is 11.3 Å². The van der Waals surface area contributed by atoms with Crippen LogP contribution in [0.4, 0.5) is 4.39 Å². The quantitative estimate of drug-likeness (QED) is 0.758. The molecule has 0 unspecified atom stereocenters. The summed E-state index contributed by atoms with van der Waals surface area (Å²) < 4.78 is 13.6. The van der Waals surface area contributed by atoms with Crippen LogP contribution in [0.25, 0.3) is 11.1 Å². The molecule has 1 fully saturated rings. The molecule has 0 spiro atoms. The normalized spacial score (nSPS) is 15.4. The molecule has 3 heterocycles. The van der Waals surface area contributed by atoms with Crippen LogP contribution >= 0.6 is 11.3 Å². The highest BCUT2D eigenvalue weighted by atomic mass is 32.1. The second-order valence-electron chi connectivity index (χ2n) is 6.52. The zero-order chi connectivity index (χ0) is 18.1. The minimum atomic E-state index is -0.255. The summed E-state index contributed by atoms with van der Waals surface area (Å²) in [6.45, 7) is 3.30. The van der Waals surface area contributed by atoms with Crippen molar-refractivity contribution >= 4 is 17.2 Å². The van der Waals surface area contributed by atoms with Gasteiger partial charge in [-0.05, 0) is 37.5 Å². The van der Waals surface area contributed by atoms with Crippen LogP contribution in [-0.2, 0) is 0 Å². The number of amides is 1. The van der Waals surface area contributed by atoms with Gasteiger partial charge in [-0.25, -0.2) is 9.37 Å². The lowest BCUT2D eigenvalue weighted by Gasteiger charge is -2.31. The standard InChI is InChI=1S/C19H19FN4OS/c1-12-21-11-17(26-12)19(25)24-7-5-13(6-8-24)18-16(10-22-23-18)14-3-2-4-15(20)9-14/h2-4,9-11,13H,5-8H2,1H3,(H,22,23). The van der Waals surface area contributed by atoms with E-state index in [-0.39, 0.29) is 17.6 Å². The number of nitrogens with zero attached hydrogens (tertiary/aromatic N) is 3. The van der Waals surface area contributed by atoms with E-state index in [1.54, 1.807) is 18.5 Å². The Balaban J connectivity index is 1.47. The number of benzene rings is 1. The van der Waals surface area contributed by atoms with Crippen LogP contribution < -0.4 is 0 Å². The largest absolute Gasteiger partial charge is 0.338 e. The molecule has 1 amide bonds. The van der Waals surface area contributed by atoms with Crippen LogP contribution in [0.2, 0.25) is 0 Å². The molecule has 0 radical (unpaired) electrons. The average molecular weight is 370 g/mol. The van der Waals surface area contributed by atoms with E-state index in [4.69, 9.17) is 0 Å². The molecule has 1 aliphatic heterocycles. The summed E-state index contributed by atoms with van der Waals surface area (Å²) in [6.07, 6.45) is 5.12. The minimum Gasteiger partial charge on any atom is -0.338 e. The number of aryl methyl sites for hydroxylation is 1. The fourth-order valence-electron chi connectivity index (χ4n) is 3.48. The second-order valence-corrected chi connectivity index (χ2v) is 7.75. The molecule has 1 aromatic carbocycles. The van der Waals surface area contributed by atoms with Gasteiger partial charge in [-0.3, -0.25) is 9.89 Å². The van der Waals surface area contributed by atoms with Gasteiger partial charge in [-0.2, -0.15) is 5.10 Å². The Morgan fingerprint density at radius 1 is 1.31 bits per heavy atom. The number of rotatable bonds is 3. The van der Waals surface area contributed by atoms with Crippen LogP contribution in [0.15, 0.2) is 36.7 Å². The number of hydrogen-bond acceptors (Lipinski definition) is 4. The van der Waals surface area contributed by atoms with Gasteiger partial charge in [0.15, 0.2) is 0 Å². The monoisotopic (exact) mass is 370 g/mol. The first-order valence-corrected chi connectivity index (χ1v) is 9.44. The van der Waals surface area contributed by atoms with Crippen molar-refractivity contribution in [2.24, 2.45) is 0 Å². The lowest BCUT2D eigenvalue weighted by molar-refractivity contribution is 0.0717. The molecule has 2 aromatic heterocycles. The van der Waals surface area contributed by atoms with Gasteiger partial charge in [0.2, 0.25) is 0 Å². The first-order chi connectivity index (χ1) is 12.6. The second kappa shape index (κ2) is 6.99. The highest BCUT2D eigenvalue weighted by molar-refractivity contribution is 7.13. The van der Waals surface area contributed by atoms with Crippen LogP contribution in [0.3, 0.4) is 0 Å². The highest BCUT2D eigenvalue weighted by Crippen LogP contribution is 2.34. The average Bonchev–Trinajstić information content (AvgIpc) is 3.30. The molecular weight excluding hydrogens is 351 g/mol. The van der Waals surface area contributed by atoms with Crippen LogP contribution in [0.5, 0.6) is 0 Å². The number of aromatic nitrogens is 3. The molecule has 0 atom stereocenters. The third-order valence-corrected chi connectivity index (χ3v) is 5.73. The van der Waals surface area contributed by atoms with Crippen LogP contribution in [0, 0.1) is 12.7 Å². The number of likely N-dealkylation sites (tertiary alicyclic amines) is 1. The Morgan fingerprint density at radius 2 is 2.12 bits per heavy atom. The topological polar surface area (TPSA) is 61.9 Å². The Kier molecular flexibility index (Phi) is 4.55. The Morgan fingerprint density at radius 3 is 2.81 bits per heavy atom. The summed E-state index contributed by atoms with van der Waals surface area (Å²) in [6, 6.07) is 6.57. The predicted molar refractivity (Wildman–Crippen MR) is 98.7 cm³/mol. The van der Waals surface area contributed by atoms with Gasteiger partial charge in [0.05, 0.1) is 17.4 Å². The Bertz CT molecular complexity index is 927. The molecular formula is C19H19FN4OS. The van der Waals surface area contributed by atoms with Gasteiger partial charge in [0.1, 0.15) is 10.7 Å². The molecule has 5 nitrogen and oxygen atoms in total. The van der Waals surface area contributed by atoms with Crippen molar-refractivity contribution in [3.05, 3.63) is 58.1 Å². The molecule has 1 aliphatic rings. The number of H-pyrrole nitrogens is 1. The Hall–Kier alpha value is -2.54. The van der Waals surface area contributed by atoms with Crippen molar-refractivity contribution in [2.45, 2.75) is 25.7 Å². The van der Waals surface area contributed by atoms with E-state index in [0.29, 0.717) is 18.0 Å². The summed E-state index contributed by atoms with van der Waals surface area (Å²) in [5.74, 6) is 0.0851. The Labute approximate surface area is 154 Å². The van der Waals surface area contributed by atoms with E-state index in [1.165, 1.54) is 23.5 Å². The summed E-state index contributed by atoms with van der Waals surface area (Å²) in [5, 5.41) is 8.17. The molecule has 26 heavy (non-hydrogen) atoms. The van der Waals surface area contributed by atoms with Crippen LogP contribution in [-0.4, -0.2) is 39.1 Å². The SMILES string of the molecule is Cc1ncc(C(=O)N2CCC(c3[nH]ncc3-c3cccc(F)c3)CC2)s1. The maximum absolute atomic E-state index is 13.6. The number of aromatic amines is 1. The van der Waals surface area contributed by atoms with Crippen molar-refractivity contribution in [1.82, 2.24) is 20.1 Å². The number of halogens is 1. The summed E-state index contributed by atoms with van der Waals surface area (Å²) in [4.78, 5) is 19.3. The van der Waals surface area contributed by atoms with Gasteiger partial charge in [0, 0.05) is 30.3 Å². The lowest BCUT2D eigenvalue weighted by Crippen LogP contribution is -2.37. The van der Waals surface area contributed by atoms with Crippen molar-refractivity contribution < 1.29 is 9.18 Å². The fourth-order valence-corrected chi connectivity index (χ4v) is 4.23. The molecule has 4 rings (SSSR count). The summed E-state index contributed by atoms with van der Waals surface area (Å²) in [7, 11) is 0. The van der Waals surface area contributed by atoms with Gasteiger partial charge in [-0.1, -0.05) is 12.1 Å². The molecule has 1 N–H and O–H groups in total.